The second-order valence-corrected chi connectivity index (χ2v) is 4.03. The number of nitrogens with two attached hydrogens (primary N) is 1. The second-order valence-electron chi connectivity index (χ2n) is 4.03. The van der Waals surface area contributed by atoms with Gasteiger partial charge in [-0.15, -0.1) is 0 Å². The van der Waals surface area contributed by atoms with Crippen molar-refractivity contribution in [1.29, 1.82) is 0 Å². The first kappa shape index (κ1) is 12.7. The lowest BCUT2D eigenvalue weighted by atomic mass is 10.1. The van der Waals surface area contributed by atoms with E-state index in [0.717, 1.165) is 23.4 Å². The molecular weight excluding hydrogens is 241 g/mol. The van der Waals surface area contributed by atoms with Crippen LogP contribution in [0.25, 0.3) is 0 Å². The molecule has 2 N–H and O–H groups in total. The first-order chi connectivity index (χ1) is 8.50. The summed E-state index contributed by atoms with van der Waals surface area (Å²) < 4.78 is 39.1. The second kappa shape index (κ2) is 4.86. The van der Waals surface area contributed by atoms with E-state index in [1.807, 2.05) is 22.9 Å². The van der Waals surface area contributed by atoms with Gasteiger partial charge in [0.15, 0.2) is 0 Å². The van der Waals surface area contributed by atoms with Gasteiger partial charge in [0.05, 0.1) is 5.56 Å². The summed E-state index contributed by atoms with van der Waals surface area (Å²) in [5, 5.41) is 0. The normalized spacial score (nSPS) is 11.8. The standard InChI is InChI=1S/C13H13F3N2/c14-13(15,16)11-5-3-10(4-6-11)9-18-7-1-2-12(18)8-17/h1-7H,8-9,17H2. The Labute approximate surface area is 103 Å². The molecule has 5 heteroatoms. The number of benzene rings is 1. The molecule has 2 nitrogen and oxygen atoms in total. The molecule has 1 aromatic heterocycles. The van der Waals surface area contributed by atoms with E-state index < -0.39 is 11.7 Å². The van der Waals surface area contributed by atoms with Gasteiger partial charge < -0.3 is 10.3 Å². The molecular formula is C13H13F3N2. The zero-order valence-electron chi connectivity index (χ0n) is 9.61. The maximum atomic E-state index is 12.4. The smallest absolute Gasteiger partial charge is 0.346 e. The van der Waals surface area contributed by atoms with Crippen LogP contribution >= 0.6 is 0 Å². The molecule has 1 heterocycles. The molecule has 0 amide bonds. The molecule has 2 rings (SSSR count). The third kappa shape index (κ3) is 2.73. The number of aromatic nitrogens is 1. The first-order valence-electron chi connectivity index (χ1n) is 5.51. The van der Waals surface area contributed by atoms with E-state index in [1.54, 1.807) is 0 Å². The van der Waals surface area contributed by atoms with Crippen molar-refractivity contribution in [2.45, 2.75) is 19.3 Å². The molecule has 0 atom stereocenters. The summed E-state index contributed by atoms with van der Waals surface area (Å²) in [6.45, 7) is 0.936. The van der Waals surface area contributed by atoms with E-state index >= 15 is 0 Å². The lowest BCUT2D eigenvalue weighted by Crippen LogP contribution is -2.08. The van der Waals surface area contributed by atoms with Gasteiger partial charge in [0.25, 0.3) is 0 Å². The Morgan fingerprint density at radius 3 is 2.28 bits per heavy atom. The monoisotopic (exact) mass is 254 g/mol. The molecule has 96 valence electrons. The van der Waals surface area contributed by atoms with Crippen molar-refractivity contribution in [2.24, 2.45) is 5.73 Å². The molecule has 0 fully saturated rings. The van der Waals surface area contributed by atoms with Crippen LogP contribution in [0.2, 0.25) is 0 Å². The molecule has 0 spiro atoms. The van der Waals surface area contributed by atoms with E-state index in [4.69, 9.17) is 5.73 Å². The minimum absolute atomic E-state index is 0.410. The average Bonchev–Trinajstić information content (AvgIpc) is 2.76. The van der Waals surface area contributed by atoms with Gasteiger partial charge in [-0.05, 0) is 29.8 Å². The van der Waals surface area contributed by atoms with Gasteiger partial charge in [0, 0.05) is 25.0 Å². The largest absolute Gasteiger partial charge is 0.416 e. The van der Waals surface area contributed by atoms with Crippen molar-refractivity contribution in [3.63, 3.8) is 0 Å². The summed E-state index contributed by atoms with van der Waals surface area (Å²) in [7, 11) is 0. The fourth-order valence-electron chi connectivity index (χ4n) is 1.78. The van der Waals surface area contributed by atoms with Crippen molar-refractivity contribution in [2.75, 3.05) is 0 Å². The fourth-order valence-corrected chi connectivity index (χ4v) is 1.78. The number of rotatable bonds is 3. The minimum Gasteiger partial charge on any atom is -0.346 e. The molecule has 0 unspecified atom stereocenters. The van der Waals surface area contributed by atoms with Crippen LogP contribution in [0, 0.1) is 0 Å². The third-order valence-corrected chi connectivity index (χ3v) is 2.77. The highest BCUT2D eigenvalue weighted by Gasteiger charge is 2.29. The predicted octanol–water partition coefficient (Wildman–Crippen LogP) is 3.01. The summed E-state index contributed by atoms with van der Waals surface area (Å²) in [4.78, 5) is 0. The third-order valence-electron chi connectivity index (χ3n) is 2.77. The molecule has 0 aliphatic carbocycles. The predicted molar refractivity (Wildman–Crippen MR) is 62.9 cm³/mol. The van der Waals surface area contributed by atoms with Crippen LogP contribution in [-0.2, 0) is 19.3 Å². The van der Waals surface area contributed by atoms with Crippen LogP contribution in [0.5, 0.6) is 0 Å². The van der Waals surface area contributed by atoms with Crippen LogP contribution < -0.4 is 5.73 Å². The Hall–Kier alpha value is -1.75. The molecule has 0 radical (unpaired) electrons. The van der Waals surface area contributed by atoms with Crippen molar-refractivity contribution in [1.82, 2.24) is 4.57 Å². The summed E-state index contributed by atoms with van der Waals surface area (Å²) in [6.07, 6.45) is -2.42. The van der Waals surface area contributed by atoms with Crippen LogP contribution in [0.15, 0.2) is 42.6 Å². The Bertz CT molecular complexity index is 512. The van der Waals surface area contributed by atoms with Crippen molar-refractivity contribution in [3.8, 4) is 0 Å². The van der Waals surface area contributed by atoms with Gasteiger partial charge in [0.2, 0.25) is 0 Å². The summed E-state index contributed by atoms with van der Waals surface area (Å²) in [6, 6.07) is 8.94. The van der Waals surface area contributed by atoms with Gasteiger partial charge in [-0.1, -0.05) is 12.1 Å². The fraction of sp³-hybridized carbons (Fsp3) is 0.231. The summed E-state index contributed by atoms with van der Waals surface area (Å²) >= 11 is 0. The van der Waals surface area contributed by atoms with E-state index in [9.17, 15) is 13.2 Å². The number of nitrogens with zero attached hydrogens (tertiary/aromatic N) is 1. The Morgan fingerprint density at radius 1 is 1.06 bits per heavy atom. The topological polar surface area (TPSA) is 30.9 Å². The van der Waals surface area contributed by atoms with Gasteiger partial charge in [0.1, 0.15) is 0 Å². The van der Waals surface area contributed by atoms with Crippen molar-refractivity contribution >= 4 is 0 Å². The molecule has 1 aromatic carbocycles. The lowest BCUT2D eigenvalue weighted by molar-refractivity contribution is -0.137. The summed E-state index contributed by atoms with van der Waals surface area (Å²) in [5.41, 5.74) is 6.70. The number of hydrogen-bond acceptors (Lipinski definition) is 1. The Balaban J connectivity index is 2.16. The molecule has 0 aliphatic heterocycles. The van der Waals surface area contributed by atoms with Crippen LogP contribution in [0.4, 0.5) is 13.2 Å². The first-order valence-corrected chi connectivity index (χ1v) is 5.51. The highest BCUT2D eigenvalue weighted by Crippen LogP contribution is 2.29. The molecule has 0 saturated carbocycles. The minimum atomic E-state index is -4.28. The van der Waals surface area contributed by atoms with Gasteiger partial charge in [-0.3, -0.25) is 0 Å². The van der Waals surface area contributed by atoms with E-state index in [2.05, 4.69) is 0 Å². The average molecular weight is 254 g/mol. The zero-order valence-corrected chi connectivity index (χ0v) is 9.61. The van der Waals surface area contributed by atoms with Crippen LogP contribution in [0.1, 0.15) is 16.8 Å². The SMILES string of the molecule is NCc1cccn1Cc1ccc(C(F)(F)F)cc1. The number of alkyl halides is 3. The van der Waals surface area contributed by atoms with Crippen LogP contribution in [-0.4, -0.2) is 4.57 Å². The van der Waals surface area contributed by atoms with Crippen molar-refractivity contribution < 1.29 is 13.2 Å². The van der Waals surface area contributed by atoms with Gasteiger partial charge in [-0.25, -0.2) is 0 Å². The molecule has 0 bridgehead atoms. The Morgan fingerprint density at radius 2 is 1.72 bits per heavy atom. The zero-order chi connectivity index (χ0) is 13.2. The number of halogens is 3. The highest BCUT2D eigenvalue weighted by molar-refractivity contribution is 5.25. The highest BCUT2D eigenvalue weighted by atomic mass is 19.4. The molecule has 2 aromatic rings. The Kier molecular flexibility index (Phi) is 3.43. The molecule has 0 aliphatic rings. The number of hydrogen-bond donors (Lipinski definition) is 1. The van der Waals surface area contributed by atoms with Crippen molar-refractivity contribution in [3.05, 3.63) is 59.4 Å². The molecule has 0 saturated heterocycles. The van der Waals surface area contributed by atoms with E-state index in [1.165, 1.54) is 12.1 Å². The molecule has 18 heavy (non-hydrogen) atoms. The van der Waals surface area contributed by atoms with Gasteiger partial charge in [-0.2, -0.15) is 13.2 Å². The van der Waals surface area contributed by atoms with E-state index in [0.29, 0.717) is 13.1 Å². The quantitative estimate of drug-likeness (QED) is 0.896. The summed E-state index contributed by atoms with van der Waals surface area (Å²) in [5.74, 6) is 0. The maximum absolute atomic E-state index is 12.4. The maximum Gasteiger partial charge on any atom is 0.416 e. The van der Waals surface area contributed by atoms with E-state index in [-0.39, 0.29) is 0 Å². The van der Waals surface area contributed by atoms with Gasteiger partial charge >= 0.3 is 6.18 Å². The van der Waals surface area contributed by atoms with Crippen LogP contribution in [0.3, 0.4) is 0 Å². The lowest BCUT2D eigenvalue weighted by Gasteiger charge is -2.10.